The number of nitrogens with zero attached hydrogens (tertiary/aromatic N) is 6. The Labute approximate surface area is 242 Å². The van der Waals surface area contributed by atoms with Crippen molar-refractivity contribution in [3.05, 3.63) is 69.7 Å². The Morgan fingerprint density at radius 2 is 1.00 bits per heavy atom. The molecule has 2 N–H and O–H groups in total. The molecule has 0 aliphatic carbocycles. The summed E-state index contributed by atoms with van der Waals surface area (Å²) in [4.78, 5) is 28.8. The van der Waals surface area contributed by atoms with Crippen LogP contribution >= 0.6 is 22.7 Å². The molecule has 40 heavy (non-hydrogen) atoms. The van der Waals surface area contributed by atoms with Crippen molar-refractivity contribution in [3.63, 3.8) is 0 Å². The van der Waals surface area contributed by atoms with Crippen LogP contribution in [0.1, 0.15) is 34.0 Å². The highest BCUT2D eigenvalue weighted by Crippen LogP contribution is 2.21. The molecule has 4 rings (SSSR count). The van der Waals surface area contributed by atoms with E-state index in [1.807, 2.05) is 86.5 Å². The summed E-state index contributed by atoms with van der Waals surface area (Å²) < 4.78 is 0. The van der Waals surface area contributed by atoms with Crippen molar-refractivity contribution >= 4 is 56.1 Å². The number of carbonyl (C=O) groups is 2. The van der Waals surface area contributed by atoms with Crippen LogP contribution in [0, 0.1) is 0 Å². The predicted octanol–water partition coefficient (Wildman–Crippen LogP) is 4.45. The van der Waals surface area contributed by atoms with Crippen molar-refractivity contribution in [2.75, 3.05) is 48.6 Å². The molecule has 2 amide bonds. The van der Waals surface area contributed by atoms with Crippen LogP contribution in [0.15, 0.2) is 48.5 Å². The number of rotatable bonds is 13. The number of benzene rings is 2. The van der Waals surface area contributed by atoms with Crippen LogP contribution in [0.3, 0.4) is 0 Å². The summed E-state index contributed by atoms with van der Waals surface area (Å²) in [6, 6.07) is 15.8. The van der Waals surface area contributed by atoms with Gasteiger partial charge in [-0.15, -0.1) is 20.4 Å². The number of amides is 2. The number of aryl methyl sites for hydroxylation is 2. The van der Waals surface area contributed by atoms with Gasteiger partial charge in [-0.2, -0.15) is 0 Å². The van der Waals surface area contributed by atoms with Gasteiger partial charge in [0.25, 0.3) is 0 Å². The minimum atomic E-state index is -0.110. The van der Waals surface area contributed by atoms with Gasteiger partial charge in [0.2, 0.25) is 22.1 Å². The number of unbranched alkanes of at least 4 members (excludes halogenated alkanes) is 1. The Bertz CT molecular complexity index is 1290. The van der Waals surface area contributed by atoms with Gasteiger partial charge in [-0.1, -0.05) is 46.9 Å². The number of aromatic nitrogens is 4. The topological polar surface area (TPSA) is 116 Å². The lowest BCUT2D eigenvalue weighted by Crippen LogP contribution is -2.14. The molecular formula is C28H34N8O2S2. The molecule has 0 aliphatic heterocycles. The molecule has 0 aliphatic rings. The second-order valence-corrected chi connectivity index (χ2v) is 11.9. The molecule has 0 saturated heterocycles. The summed E-state index contributed by atoms with van der Waals surface area (Å²) >= 11 is 2.80. The van der Waals surface area contributed by atoms with Gasteiger partial charge in [0.15, 0.2) is 0 Å². The van der Waals surface area contributed by atoms with E-state index in [4.69, 9.17) is 0 Å². The van der Waals surface area contributed by atoms with Crippen LogP contribution in [0.5, 0.6) is 0 Å². The first kappa shape index (κ1) is 29.1. The third kappa shape index (κ3) is 8.82. The maximum absolute atomic E-state index is 12.4. The van der Waals surface area contributed by atoms with Crippen LogP contribution in [0.25, 0.3) is 0 Å². The molecule has 0 radical (unpaired) electrons. The zero-order valence-electron chi connectivity index (χ0n) is 23.2. The van der Waals surface area contributed by atoms with Crippen LogP contribution in [-0.4, -0.2) is 60.4 Å². The van der Waals surface area contributed by atoms with Gasteiger partial charge in [-0.25, -0.2) is 0 Å². The fourth-order valence-electron chi connectivity index (χ4n) is 3.88. The van der Waals surface area contributed by atoms with E-state index in [1.54, 1.807) is 0 Å². The van der Waals surface area contributed by atoms with Gasteiger partial charge in [-0.3, -0.25) is 9.59 Å². The Kier molecular flexibility index (Phi) is 10.1. The number of hydrogen-bond donors (Lipinski definition) is 2. The lowest BCUT2D eigenvalue weighted by atomic mass is 10.1. The van der Waals surface area contributed by atoms with Crippen molar-refractivity contribution in [2.24, 2.45) is 0 Å². The largest absolute Gasteiger partial charge is 0.378 e. The molecule has 0 fully saturated rings. The smallest absolute Gasteiger partial charge is 0.230 e. The molecule has 210 valence electrons. The molecule has 2 heterocycles. The van der Waals surface area contributed by atoms with Gasteiger partial charge in [0.05, 0.1) is 12.8 Å². The molecule has 4 aromatic rings. The van der Waals surface area contributed by atoms with Crippen LogP contribution in [0.4, 0.5) is 21.6 Å². The summed E-state index contributed by atoms with van der Waals surface area (Å²) in [6.45, 7) is 0. The normalized spacial score (nSPS) is 10.8. The van der Waals surface area contributed by atoms with Crippen molar-refractivity contribution in [3.8, 4) is 0 Å². The summed E-state index contributed by atoms with van der Waals surface area (Å²) in [5.74, 6) is -0.219. The SMILES string of the molecule is CN(C)c1ccc(CC(=O)Nc2nnc(CCCCc3nnc(NC(=O)Cc4ccc(N(C)C)cc4)s3)s2)cc1. The van der Waals surface area contributed by atoms with Crippen molar-refractivity contribution in [1.29, 1.82) is 0 Å². The third-order valence-electron chi connectivity index (χ3n) is 6.09. The molecule has 10 nitrogen and oxygen atoms in total. The summed E-state index contributed by atoms with van der Waals surface area (Å²) in [6.07, 6.45) is 3.94. The average Bonchev–Trinajstić information content (AvgIpc) is 3.56. The van der Waals surface area contributed by atoms with E-state index in [9.17, 15) is 9.59 Å². The predicted molar refractivity (Wildman–Crippen MR) is 163 cm³/mol. The van der Waals surface area contributed by atoms with Crippen molar-refractivity contribution in [2.45, 2.75) is 38.5 Å². The molecule has 0 bridgehead atoms. The lowest BCUT2D eigenvalue weighted by molar-refractivity contribution is -0.116. The summed E-state index contributed by atoms with van der Waals surface area (Å²) in [5.41, 5.74) is 4.08. The second kappa shape index (κ2) is 13.9. The molecule has 0 saturated carbocycles. The number of anilines is 4. The number of nitrogens with one attached hydrogen (secondary N) is 2. The molecule has 0 spiro atoms. The highest BCUT2D eigenvalue weighted by molar-refractivity contribution is 7.15. The standard InChI is InChI=1S/C28H34N8O2S2/c1-35(2)21-13-9-19(10-14-21)17-23(37)29-27-33-31-25(39-27)7-5-6-8-26-32-34-28(40-26)30-24(38)18-20-11-15-22(16-12-20)36(3)4/h9-16H,5-8,17-18H2,1-4H3,(H,29,33,37)(H,30,34,38). The fourth-order valence-corrected chi connectivity index (χ4v) is 5.48. The van der Waals surface area contributed by atoms with E-state index in [1.165, 1.54) is 22.7 Å². The Morgan fingerprint density at radius 3 is 1.35 bits per heavy atom. The van der Waals surface area contributed by atoms with Crippen molar-refractivity contribution in [1.82, 2.24) is 20.4 Å². The van der Waals surface area contributed by atoms with E-state index in [2.05, 4.69) is 31.0 Å². The van der Waals surface area contributed by atoms with Crippen LogP contribution < -0.4 is 20.4 Å². The zero-order chi connectivity index (χ0) is 28.5. The molecule has 0 unspecified atom stereocenters. The van der Waals surface area contributed by atoms with Gasteiger partial charge in [-0.05, 0) is 48.2 Å². The molecule has 2 aromatic heterocycles. The van der Waals surface area contributed by atoms with Crippen molar-refractivity contribution < 1.29 is 9.59 Å². The zero-order valence-corrected chi connectivity index (χ0v) is 24.8. The maximum atomic E-state index is 12.4. The lowest BCUT2D eigenvalue weighted by Gasteiger charge is -2.12. The second-order valence-electron chi connectivity index (χ2n) is 9.78. The van der Waals surface area contributed by atoms with Gasteiger partial charge in [0, 0.05) is 52.4 Å². The minimum Gasteiger partial charge on any atom is -0.378 e. The van der Waals surface area contributed by atoms with E-state index < -0.39 is 0 Å². The Hall–Kier alpha value is -3.90. The minimum absolute atomic E-state index is 0.110. The van der Waals surface area contributed by atoms with E-state index in [-0.39, 0.29) is 24.7 Å². The third-order valence-corrected chi connectivity index (χ3v) is 7.89. The summed E-state index contributed by atoms with van der Waals surface area (Å²) in [5, 5.41) is 25.1. The Balaban J connectivity index is 1.14. The monoisotopic (exact) mass is 578 g/mol. The first-order valence-electron chi connectivity index (χ1n) is 13.0. The number of hydrogen-bond acceptors (Lipinski definition) is 10. The average molecular weight is 579 g/mol. The van der Waals surface area contributed by atoms with E-state index in [0.29, 0.717) is 10.3 Å². The van der Waals surface area contributed by atoms with Gasteiger partial charge >= 0.3 is 0 Å². The van der Waals surface area contributed by atoms with Gasteiger partial charge < -0.3 is 20.4 Å². The summed E-state index contributed by atoms with van der Waals surface area (Å²) in [7, 11) is 7.93. The number of carbonyl (C=O) groups excluding carboxylic acids is 2. The van der Waals surface area contributed by atoms with Crippen LogP contribution in [-0.2, 0) is 35.3 Å². The molecule has 0 atom stereocenters. The molecule has 2 aromatic carbocycles. The highest BCUT2D eigenvalue weighted by Gasteiger charge is 2.12. The highest BCUT2D eigenvalue weighted by atomic mass is 32.1. The first-order chi connectivity index (χ1) is 19.2. The van der Waals surface area contributed by atoms with E-state index in [0.717, 1.165) is 58.2 Å². The Morgan fingerprint density at radius 1 is 0.625 bits per heavy atom. The quantitative estimate of drug-likeness (QED) is 0.224. The van der Waals surface area contributed by atoms with E-state index >= 15 is 0 Å². The molecular weight excluding hydrogens is 544 g/mol. The first-order valence-corrected chi connectivity index (χ1v) is 14.7. The van der Waals surface area contributed by atoms with Crippen LogP contribution in [0.2, 0.25) is 0 Å². The van der Waals surface area contributed by atoms with Gasteiger partial charge in [0.1, 0.15) is 10.0 Å². The molecule has 12 heteroatoms. The fraction of sp³-hybridized carbons (Fsp3) is 0.357. The maximum Gasteiger partial charge on any atom is 0.230 e.